The number of nitrogens with zero attached hydrogens (tertiary/aromatic N) is 6. The van der Waals surface area contributed by atoms with Crippen molar-refractivity contribution in [2.24, 2.45) is 0 Å². The summed E-state index contributed by atoms with van der Waals surface area (Å²) in [5, 5.41) is 0. The largest absolute Gasteiger partial charge is 0.486 e. The van der Waals surface area contributed by atoms with Crippen molar-refractivity contribution in [3.63, 3.8) is 0 Å². The van der Waals surface area contributed by atoms with Gasteiger partial charge in [0.1, 0.15) is 19.5 Å². The summed E-state index contributed by atoms with van der Waals surface area (Å²) in [6.45, 7) is 8.22. The van der Waals surface area contributed by atoms with E-state index in [0.29, 0.717) is 19.0 Å². The minimum absolute atomic E-state index is 0.589. The third-order valence-electron chi connectivity index (χ3n) is 6.55. The molecule has 1 aromatic carbocycles. The molecule has 0 spiro atoms. The van der Waals surface area contributed by atoms with Crippen molar-refractivity contribution in [3.8, 4) is 28.6 Å². The van der Waals surface area contributed by atoms with Gasteiger partial charge in [-0.1, -0.05) is 0 Å². The van der Waals surface area contributed by atoms with Crippen molar-refractivity contribution < 1.29 is 9.47 Å². The molecule has 2 aliphatic heterocycles. The van der Waals surface area contributed by atoms with Gasteiger partial charge in [-0.15, -0.1) is 0 Å². The first kappa shape index (κ1) is 20.8. The Balaban J connectivity index is 1.21. The molecule has 8 nitrogen and oxygen atoms in total. The topological polar surface area (TPSA) is 78.2 Å². The summed E-state index contributed by atoms with van der Waals surface area (Å²) >= 11 is 0. The maximum absolute atomic E-state index is 5.80. The summed E-state index contributed by atoms with van der Waals surface area (Å²) in [5.41, 5.74) is 8.03. The van der Waals surface area contributed by atoms with Gasteiger partial charge in [0.2, 0.25) is 0 Å². The van der Waals surface area contributed by atoms with Crippen LogP contribution < -0.4 is 9.47 Å². The van der Waals surface area contributed by atoms with Crippen LogP contribution in [0.5, 0.6) is 11.5 Å². The Labute approximate surface area is 198 Å². The van der Waals surface area contributed by atoms with Crippen molar-refractivity contribution in [2.75, 3.05) is 19.8 Å². The predicted octanol–water partition coefficient (Wildman–Crippen LogP) is 3.67. The lowest BCUT2D eigenvalue weighted by Gasteiger charge is -2.28. The number of hydrogen-bond acceptors (Lipinski definition) is 7. The highest BCUT2D eigenvalue weighted by Gasteiger charge is 2.22. The van der Waals surface area contributed by atoms with Crippen LogP contribution in [0, 0.1) is 13.8 Å². The Kier molecular flexibility index (Phi) is 5.22. The van der Waals surface area contributed by atoms with Crippen LogP contribution in [0.4, 0.5) is 0 Å². The van der Waals surface area contributed by atoms with Gasteiger partial charge in [-0.25, -0.2) is 19.9 Å². The second-order valence-corrected chi connectivity index (χ2v) is 8.81. The summed E-state index contributed by atoms with van der Waals surface area (Å²) in [5.74, 6) is 2.32. The van der Waals surface area contributed by atoms with Crippen LogP contribution in [0.15, 0.2) is 49.2 Å². The van der Waals surface area contributed by atoms with Gasteiger partial charge in [-0.2, -0.15) is 0 Å². The van der Waals surface area contributed by atoms with E-state index < -0.39 is 0 Å². The van der Waals surface area contributed by atoms with Gasteiger partial charge in [-0.05, 0) is 37.6 Å². The molecule has 0 bridgehead atoms. The minimum atomic E-state index is 0.589. The fourth-order valence-electron chi connectivity index (χ4n) is 4.86. The Hall–Kier alpha value is -3.78. The van der Waals surface area contributed by atoms with Crippen LogP contribution in [0.3, 0.4) is 0 Å². The van der Waals surface area contributed by atoms with Gasteiger partial charge in [0.15, 0.2) is 17.3 Å². The Bertz CT molecular complexity index is 1350. The van der Waals surface area contributed by atoms with Crippen molar-refractivity contribution in [1.29, 1.82) is 0 Å². The number of aromatic nitrogens is 5. The molecule has 0 aliphatic carbocycles. The van der Waals surface area contributed by atoms with E-state index in [1.165, 1.54) is 28.8 Å². The molecule has 0 N–H and O–H groups in total. The summed E-state index contributed by atoms with van der Waals surface area (Å²) in [4.78, 5) is 20.0. The van der Waals surface area contributed by atoms with E-state index in [1.54, 1.807) is 12.4 Å². The highest BCUT2D eigenvalue weighted by Crippen LogP contribution is 2.34. The average Bonchev–Trinajstić information content (AvgIpc) is 3.16. The van der Waals surface area contributed by atoms with E-state index in [0.717, 1.165) is 54.5 Å². The Morgan fingerprint density at radius 3 is 2.65 bits per heavy atom. The molecule has 6 rings (SSSR count). The smallest absolute Gasteiger partial charge is 0.163 e. The fraction of sp³-hybridized carbons (Fsp3) is 0.308. The van der Waals surface area contributed by atoms with E-state index >= 15 is 0 Å². The number of ether oxygens (including phenoxy) is 2. The molecule has 0 fully saturated rings. The van der Waals surface area contributed by atoms with E-state index in [2.05, 4.69) is 56.5 Å². The number of aryl methyl sites for hydroxylation is 1. The number of benzene rings is 1. The van der Waals surface area contributed by atoms with Crippen molar-refractivity contribution in [1.82, 2.24) is 29.4 Å². The first-order valence-electron chi connectivity index (χ1n) is 11.6. The zero-order valence-electron chi connectivity index (χ0n) is 19.4. The normalized spacial score (nSPS) is 15.2. The van der Waals surface area contributed by atoms with Gasteiger partial charge < -0.3 is 14.0 Å². The monoisotopic (exact) mass is 454 g/mol. The lowest BCUT2D eigenvalue weighted by molar-refractivity contribution is 0.171. The Morgan fingerprint density at radius 1 is 0.971 bits per heavy atom. The van der Waals surface area contributed by atoms with E-state index in [9.17, 15) is 0 Å². The minimum Gasteiger partial charge on any atom is -0.486 e. The maximum Gasteiger partial charge on any atom is 0.163 e. The van der Waals surface area contributed by atoms with Crippen LogP contribution >= 0.6 is 0 Å². The molecular formula is C26H26N6O2. The van der Waals surface area contributed by atoms with Gasteiger partial charge in [0.25, 0.3) is 0 Å². The molecule has 5 heterocycles. The number of fused-ring (bicyclic) bond motifs is 2. The molecule has 0 amide bonds. The highest BCUT2D eigenvalue weighted by molar-refractivity contribution is 5.53. The first-order chi connectivity index (χ1) is 16.7. The second-order valence-electron chi connectivity index (χ2n) is 8.81. The van der Waals surface area contributed by atoms with Gasteiger partial charge >= 0.3 is 0 Å². The predicted molar refractivity (Wildman–Crippen MR) is 127 cm³/mol. The molecule has 0 saturated carbocycles. The number of rotatable bonds is 4. The van der Waals surface area contributed by atoms with Gasteiger partial charge in [0, 0.05) is 73.4 Å². The van der Waals surface area contributed by atoms with Crippen LogP contribution in [-0.4, -0.2) is 49.2 Å². The third-order valence-corrected chi connectivity index (χ3v) is 6.55. The summed E-state index contributed by atoms with van der Waals surface area (Å²) in [6, 6.07) is 8.46. The second kappa shape index (κ2) is 8.53. The number of hydrogen-bond donors (Lipinski definition) is 0. The summed E-state index contributed by atoms with van der Waals surface area (Å²) < 4.78 is 13.8. The summed E-state index contributed by atoms with van der Waals surface area (Å²) in [6.07, 6.45) is 7.88. The zero-order chi connectivity index (χ0) is 23.1. The van der Waals surface area contributed by atoms with Crippen molar-refractivity contribution in [2.45, 2.75) is 33.4 Å². The van der Waals surface area contributed by atoms with E-state index in [4.69, 9.17) is 14.5 Å². The van der Waals surface area contributed by atoms with E-state index in [1.807, 2.05) is 12.3 Å². The molecule has 0 radical (unpaired) electrons. The molecule has 4 aromatic rings. The molecule has 0 unspecified atom stereocenters. The highest BCUT2D eigenvalue weighted by atomic mass is 16.6. The van der Waals surface area contributed by atoms with Gasteiger partial charge in [0.05, 0.1) is 11.3 Å². The Morgan fingerprint density at radius 2 is 1.79 bits per heavy atom. The molecule has 3 aromatic heterocycles. The lowest BCUT2D eigenvalue weighted by atomic mass is 10.1. The quantitative estimate of drug-likeness (QED) is 0.466. The molecular weight excluding hydrogens is 428 g/mol. The summed E-state index contributed by atoms with van der Waals surface area (Å²) in [7, 11) is 0. The fourth-order valence-corrected chi connectivity index (χ4v) is 4.86. The standard InChI is InChI=1S/C26H26N6O2/c1-17-9-19(18(2)32(17)22-3-4-24-25(10-22)34-8-7-33-24)14-31-6-5-23-21(15-31)13-29-26(30-23)20-11-27-16-28-12-20/h3-4,9-13,16H,5-8,14-15H2,1-2H3. The third kappa shape index (κ3) is 3.80. The van der Waals surface area contributed by atoms with E-state index in [-0.39, 0.29) is 0 Å². The first-order valence-corrected chi connectivity index (χ1v) is 11.6. The molecule has 0 saturated heterocycles. The van der Waals surface area contributed by atoms with Crippen LogP contribution in [0.25, 0.3) is 17.1 Å². The van der Waals surface area contributed by atoms with Crippen molar-refractivity contribution in [3.05, 3.63) is 77.4 Å². The molecule has 172 valence electrons. The van der Waals surface area contributed by atoms with Crippen LogP contribution in [0.1, 0.15) is 28.2 Å². The SMILES string of the molecule is Cc1cc(CN2CCc3nc(-c4cncnc4)ncc3C2)c(C)n1-c1ccc2c(c1)OCCO2. The van der Waals surface area contributed by atoms with Crippen LogP contribution in [-0.2, 0) is 19.5 Å². The van der Waals surface area contributed by atoms with Gasteiger partial charge in [-0.3, -0.25) is 4.90 Å². The molecule has 34 heavy (non-hydrogen) atoms. The molecule has 0 atom stereocenters. The maximum atomic E-state index is 5.80. The zero-order valence-corrected chi connectivity index (χ0v) is 19.4. The van der Waals surface area contributed by atoms with Crippen molar-refractivity contribution >= 4 is 0 Å². The lowest BCUT2D eigenvalue weighted by Crippen LogP contribution is -2.31. The molecule has 2 aliphatic rings. The average molecular weight is 455 g/mol. The molecule has 8 heteroatoms. The van der Waals surface area contributed by atoms with Crippen LogP contribution in [0.2, 0.25) is 0 Å².